The zero-order chi connectivity index (χ0) is 24.3. The molecule has 0 amide bonds. The molecule has 32 heavy (non-hydrogen) atoms. The molecule has 0 heterocycles. The van der Waals surface area contributed by atoms with Crippen molar-refractivity contribution < 1.29 is 28.1 Å². The lowest BCUT2D eigenvalue weighted by Gasteiger charge is -2.22. The van der Waals surface area contributed by atoms with Gasteiger partial charge in [-0.1, -0.05) is 43.0 Å². The lowest BCUT2D eigenvalue weighted by Crippen LogP contribution is -2.17. The van der Waals surface area contributed by atoms with E-state index in [0.717, 1.165) is 22.3 Å². The number of aliphatic hydroxyl groups excluding tert-OH is 2. The fraction of sp³-hybridized carbons (Fsp3) is 0.280. The molecule has 0 aliphatic carbocycles. The molecular formula is C25H30F3NO3. The molecule has 0 aliphatic rings. The number of ether oxygens (including phenoxy) is 1. The van der Waals surface area contributed by atoms with Gasteiger partial charge in [0.15, 0.2) is 0 Å². The number of aliphatic hydroxyl groups is 2. The van der Waals surface area contributed by atoms with Crippen LogP contribution < -0.4 is 10.1 Å². The van der Waals surface area contributed by atoms with Crippen LogP contribution in [0.25, 0.3) is 17.2 Å². The molecule has 4 nitrogen and oxygen atoms in total. The second-order valence-corrected chi connectivity index (χ2v) is 6.84. The summed E-state index contributed by atoms with van der Waals surface area (Å²) in [6.45, 7) is 10.8. The molecule has 2 aromatic carbocycles. The summed E-state index contributed by atoms with van der Waals surface area (Å²) in [5.41, 5.74) is 4.41. The maximum absolute atomic E-state index is 12.4. The maximum Gasteiger partial charge on any atom is 0.573 e. The summed E-state index contributed by atoms with van der Waals surface area (Å²) in [4.78, 5) is 0. The van der Waals surface area contributed by atoms with Gasteiger partial charge < -0.3 is 20.3 Å². The van der Waals surface area contributed by atoms with Gasteiger partial charge in [-0.2, -0.15) is 0 Å². The topological polar surface area (TPSA) is 61.7 Å². The molecule has 7 heteroatoms. The Labute approximate surface area is 187 Å². The Kier molecular flexibility index (Phi) is 10.9. The van der Waals surface area contributed by atoms with Crippen LogP contribution in [0.4, 0.5) is 13.2 Å². The molecule has 2 aromatic rings. The van der Waals surface area contributed by atoms with Gasteiger partial charge in [-0.05, 0) is 72.5 Å². The fourth-order valence-electron chi connectivity index (χ4n) is 3.22. The van der Waals surface area contributed by atoms with E-state index in [1.54, 1.807) is 43.5 Å². The first-order valence-electron chi connectivity index (χ1n) is 9.95. The van der Waals surface area contributed by atoms with Crippen LogP contribution in [0.5, 0.6) is 5.75 Å². The van der Waals surface area contributed by atoms with Crippen molar-refractivity contribution in [1.29, 1.82) is 0 Å². The minimum Gasteiger partial charge on any atom is -0.406 e. The molecule has 0 aliphatic heterocycles. The standard InChI is InChI=1S/C22H24F3NO3.C3H6/c1-4-5-6-18-14(2)19(11-16(12-26-3)21(18)20(28)13-27)15-7-9-17(10-8-15)29-22(23,24)25;1-3-2/h4-11,20,26-28H,1,12-13H2,2-3H3;3H,1H2,2H3/b6-5-;. The van der Waals surface area contributed by atoms with Crippen LogP contribution in [0.1, 0.15) is 35.3 Å². The third-order valence-electron chi connectivity index (χ3n) is 4.43. The van der Waals surface area contributed by atoms with Gasteiger partial charge in [0.2, 0.25) is 0 Å². The largest absolute Gasteiger partial charge is 0.573 e. The van der Waals surface area contributed by atoms with E-state index in [1.807, 2.05) is 19.9 Å². The summed E-state index contributed by atoms with van der Waals surface area (Å²) < 4.78 is 41.1. The number of rotatable bonds is 8. The van der Waals surface area contributed by atoms with E-state index in [0.29, 0.717) is 17.7 Å². The van der Waals surface area contributed by atoms with Crippen LogP contribution in [-0.2, 0) is 6.54 Å². The average Bonchev–Trinajstić information content (AvgIpc) is 2.73. The Morgan fingerprint density at radius 2 is 1.78 bits per heavy atom. The van der Waals surface area contributed by atoms with Crippen molar-refractivity contribution in [2.45, 2.75) is 32.9 Å². The van der Waals surface area contributed by atoms with Crippen molar-refractivity contribution in [1.82, 2.24) is 5.32 Å². The molecule has 1 unspecified atom stereocenters. The highest BCUT2D eigenvalue weighted by Crippen LogP contribution is 2.36. The van der Waals surface area contributed by atoms with Gasteiger partial charge in [-0.15, -0.1) is 19.8 Å². The quantitative estimate of drug-likeness (QED) is 0.358. The lowest BCUT2D eigenvalue weighted by atomic mass is 9.86. The number of benzene rings is 2. The molecular weight excluding hydrogens is 419 g/mol. The predicted octanol–water partition coefficient (Wildman–Crippen LogP) is 5.70. The summed E-state index contributed by atoms with van der Waals surface area (Å²) in [7, 11) is 1.76. The Balaban J connectivity index is 0.00000161. The SMILES string of the molecule is C=C/C=C\c1c(C)c(-c2ccc(OC(F)(F)F)cc2)cc(CNC)c1C(O)CO.C=CC. The number of alkyl halides is 3. The Morgan fingerprint density at radius 1 is 1.19 bits per heavy atom. The summed E-state index contributed by atoms with van der Waals surface area (Å²) in [6, 6.07) is 7.49. The van der Waals surface area contributed by atoms with Gasteiger partial charge in [-0.3, -0.25) is 0 Å². The van der Waals surface area contributed by atoms with Crippen molar-refractivity contribution >= 4 is 6.08 Å². The minimum atomic E-state index is -4.75. The average molecular weight is 450 g/mol. The first-order chi connectivity index (χ1) is 15.1. The minimum absolute atomic E-state index is 0.298. The van der Waals surface area contributed by atoms with Crippen LogP contribution >= 0.6 is 0 Å². The summed E-state index contributed by atoms with van der Waals surface area (Å²) >= 11 is 0. The van der Waals surface area contributed by atoms with E-state index in [9.17, 15) is 23.4 Å². The van der Waals surface area contributed by atoms with Crippen molar-refractivity contribution in [3.63, 3.8) is 0 Å². The van der Waals surface area contributed by atoms with E-state index >= 15 is 0 Å². The van der Waals surface area contributed by atoms with Gasteiger partial charge in [0, 0.05) is 6.54 Å². The highest BCUT2D eigenvalue weighted by Gasteiger charge is 2.31. The van der Waals surface area contributed by atoms with Crippen LogP contribution in [0.2, 0.25) is 0 Å². The van der Waals surface area contributed by atoms with Gasteiger partial charge in [-0.25, -0.2) is 0 Å². The second-order valence-electron chi connectivity index (χ2n) is 6.84. The van der Waals surface area contributed by atoms with Crippen molar-refractivity contribution in [3.8, 4) is 16.9 Å². The highest BCUT2D eigenvalue weighted by molar-refractivity contribution is 5.76. The zero-order valence-electron chi connectivity index (χ0n) is 18.5. The van der Waals surface area contributed by atoms with E-state index in [2.05, 4.69) is 23.2 Å². The number of hydrogen-bond donors (Lipinski definition) is 3. The first kappa shape index (κ1) is 27.2. The van der Waals surface area contributed by atoms with Crippen LogP contribution in [0.3, 0.4) is 0 Å². The highest BCUT2D eigenvalue weighted by atomic mass is 19.4. The first-order valence-corrected chi connectivity index (χ1v) is 9.95. The van der Waals surface area contributed by atoms with E-state index in [4.69, 9.17) is 0 Å². The second kappa shape index (κ2) is 12.9. The summed E-state index contributed by atoms with van der Waals surface area (Å²) in [5.74, 6) is -0.298. The Bertz CT molecular complexity index is 920. The fourth-order valence-corrected chi connectivity index (χ4v) is 3.22. The molecule has 174 valence electrons. The Hall–Kier alpha value is -2.87. The Morgan fingerprint density at radius 3 is 2.25 bits per heavy atom. The lowest BCUT2D eigenvalue weighted by molar-refractivity contribution is -0.274. The van der Waals surface area contributed by atoms with Gasteiger partial charge in [0.05, 0.1) is 6.61 Å². The molecule has 2 rings (SSSR count). The molecule has 3 N–H and O–H groups in total. The molecule has 0 saturated carbocycles. The number of halogens is 3. The smallest absolute Gasteiger partial charge is 0.406 e. The molecule has 0 fully saturated rings. The summed E-state index contributed by atoms with van der Waals surface area (Å²) in [6.07, 6.45) is 1.05. The van der Waals surface area contributed by atoms with Crippen molar-refractivity contribution in [2.75, 3.05) is 13.7 Å². The number of hydrogen-bond acceptors (Lipinski definition) is 4. The molecule has 1 atom stereocenters. The summed E-state index contributed by atoms with van der Waals surface area (Å²) in [5, 5.41) is 22.9. The van der Waals surface area contributed by atoms with Crippen LogP contribution in [-0.4, -0.2) is 30.2 Å². The van der Waals surface area contributed by atoms with E-state index in [1.165, 1.54) is 12.1 Å². The van der Waals surface area contributed by atoms with E-state index < -0.39 is 19.1 Å². The molecule has 0 spiro atoms. The molecule has 0 aromatic heterocycles. The molecule has 0 saturated heterocycles. The predicted molar refractivity (Wildman–Crippen MR) is 123 cm³/mol. The monoisotopic (exact) mass is 449 g/mol. The molecule has 0 bridgehead atoms. The van der Waals surface area contributed by atoms with Crippen molar-refractivity contribution in [3.05, 3.63) is 84.0 Å². The van der Waals surface area contributed by atoms with E-state index in [-0.39, 0.29) is 5.75 Å². The maximum atomic E-state index is 12.4. The zero-order valence-corrected chi connectivity index (χ0v) is 18.5. The molecule has 0 radical (unpaired) electrons. The van der Waals surface area contributed by atoms with Gasteiger partial charge >= 0.3 is 6.36 Å². The van der Waals surface area contributed by atoms with Gasteiger partial charge in [0.1, 0.15) is 11.9 Å². The van der Waals surface area contributed by atoms with Crippen LogP contribution in [0, 0.1) is 6.92 Å². The van der Waals surface area contributed by atoms with Crippen molar-refractivity contribution in [2.24, 2.45) is 0 Å². The normalized spacial score (nSPS) is 12.1. The third kappa shape index (κ3) is 7.67. The number of nitrogens with one attached hydrogen (secondary N) is 1. The van der Waals surface area contributed by atoms with Gasteiger partial charge in [0.25, 0.3) is 0 Å². The van der Waals surface area contributed by atoms with Crippen LogP contribution in [0.15, 0.2) is 61.7 Å². The third-order valence-corrected chi connectivity index (χ3v) is 4.43. The number of allylic oxidation sites excluding steroid dienone is 3.